The maximum Gasteiger partial charge on any atom is 0.241 e. The van der Waals surface area contributed by atoms with Crippen molar-refractivity contribution in [2.24, 2.45) is 5.92 Å². The number of benzene rings is 1. The Morgan fingerprint density at radius 2 is 2.05 bits per heavy atom. The van der Waals surface area contributed by atoms with Gasteiger partial charge in [-0.05, 0) is 52.9 Å². The van der Waals surface area contributed by atoms with E-state index < -0.39 is 15.8 Å². The van der Waals surface area contributed by atoms with Crippen molar-refractivity contribution in [3.63, 3.8) is 0 Å². The van der Waals surface area contributed by atoms with Crippen LogP contribution >= 0.6 is 15.9 Å². The minimum Gasteiger partial charge on any atom is -0.396 e. The van der Waals surface area contributed by atoms with Crippen molar-refractivity contribution < 1.29 is 17.9 Å². The van der Waals surface area contributed by atoms with Crippen LogP contribution in [0.2, 0.25) is 0 Å². The smallest absolute Gasteiger partial charge is 0.241 e. The summed E-state index contributed by atoms with van der Waals surface area (Å²) >= 11 is 3.07. The van der Waals surface area contributed by atoms with Gasteiger partial charge in [-0.1, -0.05) is 12.8 Å². The summed E-state index contributed by atoms with van der Waals surface area (Å²) in [7, 11) is -3.72. The molecular formula is C13H17BrFNO3S. The first-order valence-electron chi connectivity index (χ1n) is 6.52. The van der Waals surface area contributed by atoms with Crippen molar-refractivity contribution in [2.45, 2.75) is 36.6 Å². The van der Waals surface area contributed by atoms with Gasteiger partial charge >= 0.3 is 0 Å². The second kappa shape index (κ2) is 6.51. The van der Waals surface area contributed by atoms with Gasteiger partial charge < -0.3 is 5.11 Å². The molecule has 1 fully saturated rings. The number of hydrogen-bond donors (Lipinski definition) is 2. The Labute approximate surface area is 126 Å². The Balaban J connectivity index is 2.22. The van der Waals surface area contributed by atoms with Crippen LogP contribution in [0.1, 0.15) is 25.7 Å². The van der Waals surface area contributed by atoms with Gasteiger partial charge in [0.25, 0.3) is 0 Å². The van der Waals surface area contributed by atoms with E-state index in [9.17, 15) is 17.9 Å². The summed E-state index contributed by atoms with van der Waals surface area (Å²) in [6, 6.07) is 3.21. The molecule has 0 bridgehead atoms. The minimum absolute atomic E-state index is 0.0150. The zero-order valence-corrected chi connectivity index (χ0v) is 13.3. The normalized spacial score (nSPS) is 23.8. The van der Waals surface area contributed by atoms with Gasteiger partial charge in [0.15, 0.2) is 0 Å². The monoisotopic (exact) mass is 365 g/mol. The van der Waals surface area contributed by atoms with Crippen LogP contribution in [-0.4, -0.2) is 26.2 Å². The first-order chi connectivity index (χ1) is 9.44. The molecule has 7 heteroatoms. The van der Waals surface area contributed by atoms with Gasteiger partial charge in [0.05, 0.1) is 4.90 Å². The molecule has 1 aromatic carbocycles. The molecule has 1 aliphatic rings. The van der Waals surface area contributed by atoms with Crippen LogP contribution in [0.3, 0.4) is 0 Å². The summed E-state index contributed by atoms with van der Waals surface area (Å²) in [6.45, 7) is -0.0300. The summed E-state index contributed by atoms with van der Waals surface area (Å²) < 4.78 is 40.6. The molecule has 2 atom stereocenters. The Hall–Kier alpha value is -0.500. The van der Waals surface area contributed by atoms with Crippen molar-refractivity contribution >= 4 is 26.0 Å². The van der Waals surface area contributed by atoms with Crippen molar-refractivity contribution in [3.05, 3.63) is 28.5 Å². The van der Waals surface area contributed by atoms with Crippen LogP contribution in [0.25, 0.3) is 0 Å². The molecule has 112 valence electrons. The van der Waals surface area contributed by atoms with Gasteiger partial charge in [-0.2, -0.15) is 0 Å². The highest BCUT2D eigenvalue weighted by atomic mass is 79.9. The molecule has 4 nitrogen and oxygen atoms in total. The molecular weight excluding hydrogens is 349 g/mol. The summed E-state index contributed by atoms with van der Waals surface area (Å²) in [4.78, 5) is 0.0150. The molecule has 0 spiro atoms. The number of sulfonamides is 1. The quantitative estimate of drug-likeness (QED) is 0.860. The molecule has 2 unspecified atom stereocenters. The van der Waals surface area contributed by atoms with E-state index >= 15 is 0 Å². The maximum absolute atomic E-state index is 13.0. The molecule has 2 N–H and O–H groups in total. The average Bonchev–Trinajstić information content (AvgIpc) is 2.38. The summed E-state index contributed by atoms with van der Waals surface area (Å²) in [6.07, 6.45) is 3.47. The van der Waals surface area contributed by atoms with Crippen LogP contribution in [0.5, 0.6) is 0 Å². The van der Waals surface area contributed by atoms with Crippen molar-refractivity contribution in [1.29, 1.82) is 0 Å². The van der Waals surface area contributed by atoms with Gasteiger partial charge in [0, 0.05) is 17.1 Å². The van der Waals surface area contributed by atoms with Gasteiger partial charge in [0.2, 0.25) is 10.0 Å². The van der Waals surface area contributed by atoms with Crippen LogP contribution < -0.4 is 4.72 Å². The highest BCUT2D eigenvalue weighted by Gasteiger charge is 2.29. The minimum atomic E-state index is -3.72. The van der Waals surface area contributed by atoms with E-state index in [1.165, 1.54) is 6.07 Å². The molecule has 0 amide bonds. The SMILES string of the molecule is O=S(=O)(NC1CCCCC1CO)c1ccc(F)cc1Br. The fraction of sp³-hybridized carbons (Fsp3) is 0.538. The predicted octanol–water partition coefficient (Wildman–Crippen LogP) is 2.42. The van der Waals surface area contributed by atoms with E-state index in [-0.39, 0.29) is 27.9 Å². The highest BCUT2D eigenvalue weighted by molar-refractivity contribution is 9.10. The molecule has 1 aliphatic carbocycles. The number of halogens is 2. The Kier molecular flexibility index (Phi) is 5.17. The third kappa shape index (κ3) is 3.58. The molecule has 0 saturated heterocycles. The second-order valence-corrected chi connectivity index (χ2v) is 7.57. The van der Waals surface area contributed by atoms with Crippen LogP contribution in [-0.2, 0) is 10.0 Å². The molecule has 0 aromatic heterocycles. The third-order valence-corrected chi connectivity index (χ3v) is 6.10. The van der Waals surface area contributed by atoms with E-state index in [4.69, 9.17) is 0 Å². The lowest BCUT2D eigenvalue weighted by Gasteiger charge is -2.30. The number of hydrogen-bond acceptors (Lipinski definition) is 3. The standard InChI is InChI=1S/C13H17BrFNO3S/c14-11-7-10(15)5-6-13(11)20(18,19)16-12-4-2-1-3-9(12)8-17/h5-7,9,12,16-17H,1-4,8H2. The number of rotatable bonds is 4. The molecule has 20 heavy (non-hydrogen) atoms. The van der Waals surface area contributed by atoms with Crippen molar-refractivity contribution in [3.8, 4) is 0 Å². The lowest BCUT2D eigenvalue weighted by atomic mass is 9.86. The third-order valence-electron chi connectivity index (χ3n) is 3.63. The molecule has 1 saturated carbocycles. The summed E-state index contributed by atoms with van der Waals surface area (Å²) in [5, 5.41) is 9.33. The molecule has 1 aromatic rings. The Bertz CT molecular complexity index is 579. The second-order valence-electron chi connectivity index (χ2n) is 5.03. The molecule has 0 radical (unpaired) electrons. The fourth-order valence-electron chi connectivity index (χ4n) is 2.54. The van der Waals surface area contributed by atoms with Crippen LogP contribution in [0, 0.1) is 11.7 Å². The molecule has 0 heterocycles. The molecule has 0 aliphatic heterocycles. The Morgan fingerprint density at radius 1 is 1.35 bits per heavy atom. The first kappa shape index (κ1) is 15.9. The van der Waals surface area contributed by atoms with Gasteiger partial charge in [-0.25, -0.2) is 17.5 Å². The number of aliphatic hydroxyl groups excluding tert-OH is 1. The first-order valence-corrected chi connectivity index (χ1v) is 8.80. The Morgan fingerprint density at radius 3 is 2.70 bits per heavy atom. The topological polar surface area (TPSA) is 66.4 Å². The van der Waals surface area contributed by atoms with E-state index in [2.05, 4.69) is 20.7 Å². The van der Waals surface area contributed by atoms with Crippen molar-refractivity contribution in [2.75, 3.05) is 6.61 Å². The zero-order valence-electron chi connectivity index (χ0n) is 10.9. The van der Waals surface area contributed by atoms with Gasteiger partial charge in [0.1, 0.15) is 5.82 Å². The van der Waals surface area contributed by atoms with Crippen molar-refractivity contribution in [1.82, 2.24) is 4.72 Å². The predicted molar refractivity (Wildman–Crippen MR) is 77.3 cm³/mol. The van der Waals surface area contributed by atoms with Gasteiger partial charge in [-0.3, -0.25) is 0 Å². The lowest BCUT2D eigenvalue weighted by Crippen LogP contribution is -2.43. The fourth-order valence-corrected chi connectivity index (χ4v) is 4.93. The maximum atomic E-state index is 13.0. The largest absolute Gasteiger partial charge is 0.396 e. The summed E-state index contributed by atoms with van der Waals surface area (Å²) in [5.41, 5.74) is 0. The van der Waals surface area contributed by atoms with E-state index in [1.807, 2.05) is 0 Å². The van der Waals surface area contributed by atoms with Gasteiger partial charge in [-0.15, -0.1) is 0 Å². The summed E-state index contributed by atoms with van der Waals surface area (Å²) in [5.74, 6) is -0.556. The van der Waals surface area contributed by atoms with E-state index in [1.54, 1.807) is 0 Å². The zero-order chi connectivity index (χ0) is 14.8. The number of nitrogens with one attached hydrogen (secondary N) is 1. The lowest BCUT2D eigenvalue weighted by molar-refractivity contribution is 0.164. The van der Waals surface area contributed by atoms with E-state index in [0.29, 0.717) is 6.42 Å². The van der Waals surface area contributed by atoms with E-state index in [0.717, 1.165) is 31.4 Å². The van der Waals surface area contributed by atoms with Crippen LogP contribution in [0.4, 0.5) is 4.39 Å². The van der Waals surface area contributed by atoms with Crippen LogP contribution in [0.15, 0.2) is 27.6 Å². The highest BCUT2D eigenvalue weighted by Crippen LogP contribution is 2.27. The number of aliphatic hydroxyl groups is 1. The average molecular weight is 366 g/mol. The molecule has 2 rings (SSSR count).